The first-order chi connectivity index (χ1) is 14.0. The summed E-state index contributed by atoms with van der Waals surface area (Å²) in [6.07, 6.45) is 2.95. The zero-order valence-electron chi connectivity index (χ0n) is 16.7. The fourth-order valence-corrected chi connectivity index (χ4v) is 5.04. The number of hydrogen-bond donors (Lipinski definition) is 1. The quantitative estimate of drug-likeness (QED) is 0.840. The average molecular weight is 412 g/mol. The number of fused-ring (bicyclic) bond motifs is 4. The van der Waals surface area contributed by atoms with Crippen molar-refractivity contribution >= 4 is 29.3 Å². The van der Waals surface area contributed by atoms with Gasteiger partial charge in [-0.1, -0.05) is 12.1 Å². The van der Waals surface area contributed by atoms with Crippen LogP contribution < -0.4 is 10.9 Å². The highest BCUT2D eigenvalue weighted by Gasteiger charge is 2.37. The molecule has 1 saturated heterocycles. The van der Waals surface area contributed by atoms with Crippen LogP contribution in [0.15, 0.2) is 41.2 Å². The molecule has 1 aromatic heterocycles. The Bertz CT molecular complexity index is 999. The number of carbonyl (C=O) groups excluding carboxylic acids is 2. The third-order valence-corrected chi connectivity index (χ3v) is 6.26. The first kappa shape index (κ1) is 19.8. The number of benzene rings is 1. The van der Waals surface area contributed by atoms with E-state index in [1.165, 1.54) is 6.92 Å². The topological polar surface area (TPSA) is 71.4 Å². The molecular formula is C22H25N3O3S. The van der Waals surface area contributed by atoms with E-state index in [-0.39, 0.29) is 23.3 Å². The van der Waals surface area contributed by atoms with Gasteiger partial charge in [0.05, 0.1) is 5.75 Å². The molecule has 2 atom stereocenters. The summed E-state index contributed by atoms with van der Waals surface area (Å²) in [5.41, 5.74) is 3.84. The Morgan fingerprint density at radius 1 is 1.10 bits per heavy atom. The number of rotatable bonds is 4. The van der Waals surface area contributed by atoms with Crippen molar-refractivity contribution in [3.63, 3.8) is 0 Å². The van der Waals surface area contributed by atoms with Crippen LogP contribution in [0.3, 0.4) is 0 Å². The maximum Gasteiger partial charge on any atom is 0.250 e. The van der Waals surface area contributed by atoms with Crippen LogP contribution in [-0.2, 0) is 16.1 Å². The van der Waals surface area contributed by atoms with Crippen molar-refractivity contribution in [1.82, 2.24) is 9.47 Å². The summed E-state index contributed by atoms with van der Waals surface area (Å²) < 4.78 is 1.91. The Kier molecular flexibility index (Phi) is 5.50. The van der Waals surface area contributed by atoms with Crippen molar-refractivity contribution in [3.8, 4) is 11.1 Å². The molecule has 3 heterocycles. The minimum Gasteiger partial charge on any atom is -0.341 e. The molecule has 0 aliphatic carbocycles. The zero-order chi connectivity index (χ0) is 20.5. The Morgan fingerprint density at radius 2 is 1.86 bits per heavy atom. The smallest absolute Gasteiger partial charge is 0.250 e. The third kappa shape index (κ3) is 3.96. The number of aromatic nitrogens is 1. The molecule has 0 spiro atoms. The Labute approximate surface area is 174 Å². The van der Waals surface area contributed by atoms with Crippen molar-refractivity contribution in [2.45, 2.75) is 25.8 Å². The Balaban J connectivity index is 1.71. The molecule has 2 aromatic rings. The summed E-state index contributed by atoms with van der Waals surface area (Å²) >= 11 is 1.55. The highest BCUT2D eigenvalue weighted by atomic mass is 32.2. The molecule has 1 aromatic carbocycles. The Morgan fingerprint density at radius 3 is 2.55 bits per heavy atom. The van der Waals surface area contributed by atoms with Crippen molar-refractivity contribution in [2.75, 3.05) is 30.4 Å². The van der Waals surface area contributed by atoms with E-state index in [0.717, 1.165) is 35.5 Å². The molecule has 6 nitrogen and oxygen atoms in total. The second kappa shape index (κ2) is 8.06. The van der Waals surface area contributed by atoms with Crippen LogP contribution in [0.25, 0.3) is 11.1 Å². The summed E-state index contributed by atoms with van der Waals surface area (Å²) in [7, 11) is 0. The third-order valence-electron chi connectivity index (χ3n) is 5.73. The van der Waals surface area contributed by atoms with Crippen LogP contribution in [0.2, 0.25) is 0 Å². The molecule has 2 aliphatic rings. The minimum absolute atomic E-state index is 0.0252. The van der Waals surface area contributed by atoms with Crippen LogP contribution in [0.4, 0.5) is 5.69 Å². The van der Waals surface area contributed by atoms with Gasteiger partial charge in [-0.15, -0.1) is 0 Å². The molecule has 2 bridgehead atoms. The number of carbonyl (C=O) groups is 2. The normalized spacial score (nSPS) is 20.1. The molecule has 2 aliphatic heterocycles. The van der Waals surface area contributed by atoms with E-state index in [9.17, 15) is 14.4 Å². The van der Waals surface area contributed by atoms with Gasteiger partial charge in [-0.05, 0) is 42.4 Å². The minimum atomic E-state index is -0.107. The number of thioether (sulfide) groups is 1. The van der Waals surface area contributed by atoms with Crippen LogP contribution in [0.5, 0.6) is 0 Å². The lowest BCUT2D eigenvalue weighted by molar-refractivity contribution is -0.131. The molecule has 1 fully saturated rings. The predicted octanol–water partition coefficient (Wildman–Crippen LogP) is 2.78. The largest absolute Gasteiger partial charge is 0.341 e. The summed E-state index contributed by atoms with van der Waals surface area (Å²) in [4.78, 5) is 38.3. The van der Waals surface area contributed by atoms with Gasteiger partial charge in [0.1, 0.15) is 0 Å². The average Bonchev–Trinajstić information content (AvgIpc) is 2.69. The predicted molar refractivity (Wildman–Crippen MR) is 116 cm³/mol. The van der Waals surface area contributed by atoms with Crippen molar-refractivity contribution < 1.29 is 9.59 Å². The molecule has 0 radical (unpaired) electrons. The summed E-state index contributed by atoms with van der Waals surface area (Å²) in [5.74, 6) is 1.05. The monoisotopic (exact) mass is 411 g/mol. The highest BCUT2D eigenvalue weighted by molar-refractivity contribution is 7.99. The second-order valence-corrected chi connectivity index (χ2v) is 8.74. The number of piperidine rings is 1. The van der Waals surface area contributed by atoms with Gasteiger partial charge >= 0.3 is 0 Å². The van der Waals surface area contributed by atoms with Gasteiger partial charge in [0.25, 0.3) is 5.56 Å². The molecule has 29 heavy (non-hydrogen) atoms. The van der Waals surface area contributed by atoms with Gasteiger partial charge in [-0.25, -0.2) is 0 Å². The summed E-state index contributed by atoms with van der Waals surface area (Å²) in [6, 6.07) is 11.2. The van der Waals surface area contributed by atoms with Gasteiger partial charge < -0.3 is 14.8 Å². The van der Waals surface area contributed by atoms with Gasteiger partial charge in [-0.3, -0.25) is 14.4 Å². The van der Waals surface area contributed by atoms with Gasteiger partial charge in [0.2, 0.25) is 11.8 Å². The number of nitrogens with zero attached hydrogens (tertiary/aromatic N) is 2. The zero-order valence-corrected chi connectivity index (χ0v) is 17.5. The van der Waals surface area contributed by atoms with E-state index in [4.69, 9.17) is 0 Å². The van der Waals surface area contributed by atoms with Crippen molar-refractivity contribution in [2.24, 2.45) is 5.92 Å². The fraction of sp³-hybridized carbons (Fsp3) is 0.409. The molecule has 152 valence electrons. The first-order valence-electron chi connectivity index (χ1n) is 9.84. The number of amides is 2. The first-order valence-corrected chi connectivity index (χ1v) is 11.2. The summed E-state index contributed by atoms with van der Waals surface area (Å²) in [6.45, 7) is 3.54. The number of anilines is 1. The molecular weight excluding hydrogens is 386 g/mol. The Hall–Kier alpha value is -2.54. The number of likely N-dealkylation sites (tertiary alicyclic amines) is 1. The molecule has 0 unspecified atom stereocenters. The second-order valence-electron chi connectivity index (χ2n) is 7.87. The van der Waals surface area contributed by atoms with E-state index in [1.54, 1.807) is 17.8 Å². The highest BCUT2D eigenvalue weighted by Crippen LogP contribution is 2.40. The van der Waals surface area contributed by atoms with Gasteiger partial charge in [0, 0.05) is 55.5 Å². The lowest BCUT2D eigenvalue weighted by Gasteiger charge is -2.43. The van der Waals surface area contributed by atoms with Crippen LogP contribution in [0, 0.1) is 5.92 Å². The van der Waals surface area contributed by atoms with Crippen molar-refractivity contribution in [3.05, 3.63) is 52.4 Å². The molecule has 1 N–H and O–H groups in total. The SMILES string of the molecule is CSCC(=O)N1C[C@@H]2C[C@H](C1)c1c(-c3ccc(NC(C)=O)cc3)ccc(=O)n1C2. The van der Waals surface area contributed by atoms with E-state index >= 15 is 0 Å². The number of hydrogen-bond acceptors (Lipinski definition) is 4. The van der Waals surface area contributed by atoms with Crippen LogP contribution in [0.1, 0.15) is 25.0 Å². The lowest BCUT2D eigenvalue weighted by Crippen LogP contribution is -2.49. The maximum atomic E-state index is 12.6. The van der Waals surface area contributed by atoms with E-state index in [0.29, 0.717) is 24.8 Å². The van der Waals surface area contributed by atoms with E-state index in [2.05, 4.69) is 5.32 Å². The molecule has 7 heteroatoms. The van der Waals surface area contributed by atoms with Crippen LogP contribution >= 0.6 is 11.8 Å². The number of pyridine rings is 1. The molecule has 2 amide bonds. The van der Waals surface area contributed by atoms with E-state index in [1.807, 2.05) is 46.1 Å². The van der Waals surface area contributed by atoms with E-state index < -0.39 is 0 Å². The maximum absolute atomic E-state index is 12.6. The lowest BCUT2D eigenvalue weighted by atomic mass is 9.80. The molecule has 4 rings (SSSR count). The molecule has 0 saturated carbocycles. The fourth-order valence-electron chi connectivity index (χ4n) is 4.61. The van der Waals surface area contributed by atoms with Gasteiger partial charge in [0.15, 0.2) is 0 Å². The van der Waals surface area contributed by atoms with Crippen LogP contribution in [-0.4, -0.2) is 46.4 Å². The summed E-state index contributed by atoms with van der Waals surface area (Å²) in [5, 5.41) is 2.78. The van der Waals surface area contributed by atoms with Crippen molar-refractivity contribution in [1.29, 1.82) is 0 Å². The number of nitrogens with one attached hydrogen (secondary N) is 1. The standard InChI is InChI=1S/C22H25N3O3S/c1-14(26)23-18-5-3-16(4-6-18)19-7-8-20(27)25-11-15-9-17(22(19)25)12-24(10-15)21(28)13-29-2/h3-8,15,17H,9-13H2,1-2H3,(H,23,26)/t15-,17+/m0/s1. The van der Waals surface area contributed by atoms with Gasteiger partial charge in [-0.2, -0.15) is 11.8 Å².